The molecule has 30 heavy (non-hydrogen) atoms. The van der Waals surface area contributed by atoms with Crippen molar-refractivity contribution < 1.29 is 4.57 Å². The molecule has 0 bridgehead atoms. The Balaban J connectivity index is 2.05. The molecule has 2 aromatic carbocycles. The van der Waals surface area contributed by atoms with Crippen LogP contribution in [0.1, 0.15) is 25.0 Å². The highest BCUT2D eigenvalue weighted by atomic mass is 15.0. The van der Waals surface area contributed by atoms with E-state index in [1.807, 2.05) is 26.2 Å². The van der Waals surface area contributed by atoms with Gasteiger partial charge in [-0.25, -0.2) is 11.1 Å². The van der Waals surface area contributed by atoms with Crippen LogP contribution < -0.4 is 4.57 Å². The third-order valence-corrected chi connectivity index (χ3v) is 6.62. The minimum Gasteiger partial charge on any atom is -0.307 e. The minimum atomic E-state index is -0.584. The average molecular weight is 389 g/mol. The standard InChI is InChI=1S/C26H21N4/c1-15-6-7-18-19-14-28-10-8-20(19)30-21-13-17(26(2,3)27-4)12-16-9-11-29(5)25(23(16)21)22(15)24(18)30/h6-14H,1-3,5H3/q+1. The van der Waals surface area contributed by atoms with E-state index < -0.39 is 5.54 Å². The van der Waals surface area contributed by atoms with Crippen molar-refractivity contribution >= 4 is 49.0 Å². The van der Waals surface area contributed by atoms with Crippen molar-refractivity contribution in [3.05, 3.63) is 77.5 Å². The lowest BCUT2D eigenvalue weighted by atomic mass is 9.91. The van der Waals surface area contributed by atoms with Gasteiger partial charge in [0.2, 0.25) is 5.52 Å². The van der Waals surface area contributed by atoms with Crippen molar-refractivity contribution in [2.24, 2.45) is 7.05 Å². The number of nitrogens with zero attached hydrogens (tertiary/aromatic N) is 4. The summed E-state index contributed by atoms with van der Waals surface area (Å²) in [6.07, 6.45) is 5.96. The zero-order valence-corrected chi connectivity index (χ0v) is 17.5. The van der Waals surface area contributed by atoms with Crippen molar-refractivity contribution in [3.8, 4) is 0 Å². The van der Waals surface area contributed by atoms with Crippen LogP contribution in [-0.4, -0.2) is 9.38 Å². The van der Waals surface area contributed by atoms with Gasteiger partial charge in [0.15, 0.2) is 6.20 Å². The third-order valence-electron chi connectivity index (χ3n) is 6.62. The summed E-state index contributed by atoms with van der Waals surface area (Å²) < 4.78 is 4.61. The molecule has 0 aliphatic rings. The summed E-state index contributed by atoms with van der Waals surface area (Å²) in [5.41, 5.74) is 6.49. The van der Waals surface area contributed by atoms with Gasteiger partial charge < -0.3 is 9.25 Å². The topological polar surface area (TPSA) is 25.5 Å². The van der Waals surface area contributed by atoms with Gasteiger partial charge in [-0.3, -0.25) is 4.98 Å². The van der Waals surface area contributed by atoms with Crippen molar-refractivity contribution in [1.82, 2.24) is 9.38 Å². The molecule has 0 unspecified atom stereocenters. The SMILES string of the molecule is [C-]#[N+]C(C)(C)c1cc2cc[n+](C)c3c4c(C)ccc5c6cnccc6n(c(c1)c23)c54. The van der Waals surface area contributed by atoms with Crippen LogP contribution in [0.4, 0.5) is 0 Å². The highest BCUT2D eigenvalue weighted by molar-refractivity contribution is 6.25. The van der Waals surface area contributed by atoms with E-state index in [0.717, 1.165) is 22.0 Å². The maximum atomic E-state index is 7.74. The predicted octanol–water partition coefficient (Wildman–Crippen LogP) is 5.67. The molecule has 4 aromatic heterocycles. The Labute approximate surface area is 174 Å². The fourth-order valence-electron chi connectivity index (χ4n) is 4.98. The number of fused-ring (bicyclic) bond motifs is 5. The van der Waals surface area contributed by atoms with Crippen molar-refractivity contribution in [3.63, 3.8) is 0 Å². The van der Waals surface area contributed by atoms with E-state index in [1.165, 1.54) is 38.1 Å². The Morgan fingerprint density at radius 2 is 1.87 bits per heavy atom. The molecule has 6 rings (SSSR count). The predicted molar refractivity (Wildman–Crippen MR) is 122 cm³/mol. The highest BCUT2D eigenvalue weighted by Crippen LogP contribution is 2.41. The molecule has 0 spiro atoms. The van der Waals surface area contributed by atoms with Gasteiger partial charge >= 0.3 is 0 Å². The quantitative estimate of drug-likeness (QED) is 0.154. The molecule has 4 nitrogen and oxygen atoms in total. The molecular formula is C26H21N4+. The zero-order chi connectivity index (χ0) is 20.8. The van der Waals surface area contributed by atoms with E-state index in [4.69, 9.17) is 6.57 Å². The van der Waals surface area contributed by atoms with Gasteiger partial charge in [-0.05, 0) is 36.1 Å². The first-order valence-electron chi connectivity index (χ1n) is 10.2. The second-order valence-corrected chi connectivity index (χ2v) is 8.79. The number of hydrogen-bond donors (Lipinski definition) is 0. The van der Waals surface area contributed by atoms with Crippen LogP contribution >= 0.6 is 0 Å². The summed E-state index contributed by atoms with van der Waals surface area (Å²) in [4.78, 5) is 8.32. The van der Waals surface area contributed by atoms with E-state index in [-0.39, 0.29) is 0 Å². The molecule has 0 N–H and O–H groups in total. The molecule has 4 heteroatoms. The van der Waals surface area contributed by atoms with E-state index in [2.05, 4.69) is 75.4 Å². The minimum absolute atomic E-state index is 0.584. The van der Waals surface area contributed by atoms with Crippen LogP contribution in [0.3, 0.4) is 0 Å². The van der Waals surface area contributed by atoms with E-state index in [0.29, 0.717) is 0 Å². The monoisotopic (exact) mass is 389 g/mol. The molecule has 0 fully saturated rings. The molecule has 0 radical (unpaired) electrons. The Bertz CT molecular complexity index is 1700. The van der Waals surface area contributed by atoms with Crippen molar-refractivity contribution in [2.45, 2.75) is 26.3 Å². The first-order valence-corrected chi connectivity index (χ1v) is 10.2. The Hall–Kier alpha value is -3.71. The molecule has 144 valence electrons. The van der Waals surface area contributed by atoms with Crippen molar-refractivity contribution in [2.75, 3.05) is 0 Å². The van der Waals surface area contributed by atoms with E-state index in [9.17, 15) is 0 Å². The lowest BCUT2D eigenvalue weighted by Gasteiger charge is -2.17. The smallest absolute Gasteiger partial charge is 0.252 e. The summed E-state index contributed by atoms with van der Waals surface area (Å²) >= 11 is 0. The van der Waals surface area contributed by atoms with Crippen LogP contribution in [-0.2, 0) is 12.6 Å². The van der Waals surface area contributed by atoms with Gasteiger partial charge in [-0.15, -0.1) is 0 Å². The molecule has 4 heterocycles. The zero-order valence-electron chi connectivity index (χ0n) is 17.5. The summed E-state index contributed by atoms with van der Waals surface area (Å²) in [7, 11) is 2.12. The molecule has 0 amide bonds. The molecule has 6 aromatic rings. The summed E-state index contributed by atoms with van der Waals surface area (Å²) in [6, 6.07) is 13.1. The average Bonchev–Trinajstić information content (AvgIpc) is 3.09. The van der Waals surface area contributed by atoms with Crippen LogP contribution in [0.5, 0.6) is 0 Å². The maximum Gasteiger partial charge on any atom is 0.252 e. The second-order valence-electron chi connectivity index (χ2n) is 8.79. The molecule has 0 saturated carbocycles. The first kappa shape index (κ1) is 17.2. The number of aryl methyl sites for hydroxylation is 2. The summed E-state index contributed by atoms with van der Waals surface area (Å²) in [5, 5.41) is 6.07. The molecule has 0 saturated heterocycles. The van der Waals surface area contributed by atoms with Gasteiger partial charge in [0, 0.05) is 48.6 Å². The number of aromatic nitrogens is 3. The van der Waals surface area contributed by atoms with Gasteiger partial charge in [0.1, 0.15) is 7.05 Å². The fraction of sp³-hybridized carbons (Fsp3) is 0.192. The molecule has 0 aliphatic heterocycles. The van der Waals surface area contributed by atoms with Crippen molar-refractivity contribution in [1.29, 1.82) is 0 Å². The van der Waals surface area contributed by atoms with Crippen LogP contribution in [0.25, 0.3) is 53.8 Å². The van der Waals surface area contributed by atoms with Gasteiger partial charge in [-0.2, -0.15) is 0 Å². The van der Waals surface area contributed by atoms with E-state index in [1.54, 1.807) is 0 Å². The lowest BCUT2D eigenvalue weighted by molar-refractivity contribution is -0.643. The maximum absolute atomic E-state index is 7.74. The molecule has 0 aliphatic carbocycles. The fourth-order valence-corrected chi connectivity index (χ4v) is 4.98. The number of hydrogen-bond acceptors (Lipinski definition) is 1. The van der Waals surface area contributed by atoms with Gasteiger partial charge in [0.05, 0.1) is 27.3 Å². The number of rotatable bonds is 1. The first-order chi connectivity index (χ1) is 14.4. The van der Waals surface area contributed by atoms with Crippen LogP contribution in [0.2, 0.25) is 0 Å². The lowest BCUT2D eigenvalue weighted by Crippen LogP contribution is -2.29. The number of pyridine rings is 3. The Kier molecular flexibility index (Phi) is 3.12. The number of benzene rings is 2. The Morgan fingerprint density at radius 3 is 2.67 bits per heavy atom. The van der Waals surface area contributed by atoms with Gasteiger partial charge in [-0.1, -0.05) is 12.1 Å². The van der Waals surface area contributed by atoms with Crippen LogP contribution in [0, 0.1) is 13.5 Å². The van der Waals surface area contributed by atoms with Gasteiger partial charge in [0.25, 0.3) is 5.54 Å². The Morgan fingerprint density at radius 1 is 1.03 bits per heavy atom. The molecule has 0 atom stereocenters. The second kappa shape index (κ2) is 5.46. The summed E-state index contributed by atoms with van der Waals surface area (Å²) in [6.45, 7) is 13.9. The third kappa shape index (κ3) is 1.95. The molecular weight excluding hydrogens is 368 g/mol. The highest BCUT2D eigenvalue weighted by Gasteiger charge is 2.30. The van der Waals surface area contributed by atoms with E-state index >= 15 is 0 Å². The largest absolute Gasteiger partial charge is 0.307 e. The summed E-state index contributed by atoms with van der Waals surface area (Å²) in [5.74, 6) is 0. The normalized spacial score (nSPS) is 12.6. The van der Waals surface area contributed by atoms with Crippen LogP contribution in [0.15, 0.2) is 55.0 Å².